The van der Waals surface area contributed by atoms with Crippen LogP contribution in [0.2, 0.25) is 0 Å². The Balaban J connectivity index is 2.57. The molecule has 5 nitrogen and oxygen atoms in total. The van der Waals surface area contributed by atoms with E-state index in [9.17, 15) is 4.79 Å². The summed E-state index contributed by atoms with van der Waals surface area (Å²) < 4.78 is 5.14. The molecule has 5 heteroatoms. The molecule has 1 saturated heterocycles. The van der Waals surface area contributed by atoms with E-state index in [0.717, 1.165) is 12.1 Å². The zero-order valence-electron chi connectivity index (χ0n) is 10.1. The first kappa shape index (κ1) is 12.8. The number of hydrogen-bond acceptors (Lipinski definition) is 4. The summed E-state index contributed by atoms with van der Waals surface area (Å²) in [7, 11) is 0. The van der Waals surface area contributed by atoms with Crippen LogP contribution >= 0.6 is 0 Å². The fraction of sp³-hybridized carbons (Fsp3) is 0.818. The molecule has 92 valence electrons. The lowest BCUT2D eigenvalue weighted by atomic mass is 9.93. The minimum Gasteiger partial charge on any atom is -0.447 e. The van der Waals surface area contributed by atoms with E-state index in [0.29, 0.717) is 19.5 Å². The SMILES string of the molecule is CCC1CN(C(=O)OC(C)C)CCC1=NO. The number of rotatable bonds is 2. The van der Waals surface area contributed by atoms with E-state index in [-0.39, 0.29) is 18.1 Å². The van der Waals surface area contributed by atoms with Gasteiger partial charge in [-0.25, -0.2) is 4.79 Å². The quantitative estimate of drug-likeness (QED) is 0.581. The standard InChI is InChI=1S/C11H20N2O3/c1-4-9-7-13(6-5-10(9)12-15)11(14)16-8(2)3/h8-9,15H,4-7H2,1-3H3. The fourth-order valence-electron chi connectivity index (χ4n) is 1.85. The van der Waals surface area contributed by atoms with Crippen LogP contribution in [0.25, 0.3) is 0 Å². The van der Waals surface area contributed by atoms with Gasteiger partial charge in [-0.3, -0.25) is 0 Å². The third kappa shape index (κ3) is 3.12. The van der Waals surface area contributed by atoms with E-state index in [1.807, 2.05) is 20.8 Å². The van der Waals surface area contributed by atoms with Crippen LogP contribution < -0.4 is 0 Å². The van der Waals surface area contributed by atoms with Gasteiger partial charge < -0.3 is 14.8 Å². The van der Waals surface area contributed by atoms with Gasteiger partial charge in [0.2, 0.25) is 0 Å². The molecule has 0 bridgehead atoms. The first-order chi connectivity index (χ1) is 7.58. The molecule has 0 aromatic carbocycles. The molecule has 0 aliphatic carbocycles. The summed E-state index contributed by atoms with van der Waals surface area (Å²) in [4.78, 5) is 13.3. The number of ether oxygens (including phenoxy) is 1. The van der Waals surface area contributed by atoms with Gasteiger partial charge >= 0.3 is 6.09 Å². The second-order valence-corrected chi connectivity index (χ2v) is 4.33. The molecule has 0 spiro atoms. The molecule has 0 aromatic heterocycles. The topological polar surface area (TPSA) is 62.1 Å². The molecule has 0 saturated carbocycles. The molecule has 1 N–H and O–H groups in total. The van der Waals surface area contributed by atoms with Gasteiger partial charge in [-0.2, -0.15) is 0 Å². The van der Waals surface area contributed by atoms with Crippen LogP contribution in [0.15, 0.2) is 5.16 Å². The van der Waals surface area contributed by atoms with Crippen molar-refractivity contribution >= 4 is 11.8 Å². The van der Waals surface area contributed by atoms with Gasteiger partial charge in [-0.1, -0.05) is 12.1 Å². The summed E-state index contributed by atoms with van der Waals surface area (Å²) in [5, 5.41) is 12.1. The number of piperidine rings is 1. The van der Waals surface area contributed by atoms with Crippen LogP contribution in [-0.2, 0) is 4.74 Å². The van der Waals surface area contributed by atoms with E-state index in [1.54, 1.807) is 4.90 Å². The van der Waals surface area contributed by atoms with Crippen molar-refractivity contribution in [1.82, 2.24) is 4.90 Å². The van der Waals surface area contributed by atoms with Crippen molar-refractivity contribution in [3.63, 3.8) is 0 Å². The summed E-state index contributed by atoms with van der Waals surface area (Å²) in [6.07, 6.45) is 1.12. The first-order valence-corrected chi connectivity index (χ1v) is 5.74. The second kappa shape index (κ2) is 5.72. The molecule has 1 unspecified atom stereocenters. The Morgan fingerprint density at radius 2 is 2.38 bits per heavy atom. The number of hydrogen-bond donors (Lipinski definition) is 1. The Kier molecular flexibility index (Phi) is 4.58. The van der Waals surface area contributed by atoms with E-state index in [4.69, 9.17) is 9.94 Å². The van der Waals surface area contributed by atoms with Crippen LogP contribution in [0.3, 0.4) is 0 Å². The number of oxime groups is 1. The smallest absolute Gasteiger partial charge is 0.410 e. The van der Waals surface area contributed by atoms with Gasteiger partial charge in [0, 0.05) is 25.4 Å². The third-order valence-corrected chi connectivity index (χ3v) is 2.77. The van der Waals surface area contributed by atoms with Gasteiger partial charge in [0.05, 0.1) is 11.8 Å². The van der Waals surface area contributed by atoms with Crippen molar-refractivity contribution in [2.75, 3.05) is 13.1 Å². The molecule has 1 heterocycles. The van der Waals surface area contributed by atoms with Gasteiger partial charge in [0.1, 0.15) is 0 Å². The molecule has 1 rings (SSSR count). The second-order valence-electron chi connectivity index (χ2n) is 4.33. The maximum absolute atomic E-state index is 11.7. The van der Waals surface area contributed by atoms with Crippen LogP contribution in [0, 0.1) is 5.92 Å². The lowest BCUT2D eigenvalue weighted by Crippen LogP contribution is -2.44. The van der Waals surface area contributed by atoms with Crippen molar-refractivity contribution in [1.29, 1.82) is 0 Å². The highest BCUT2D eigenvalue weighted by Crippen LogP contribution is 2.18. The average molecular weight is 228 g/mol. The minimum atomic E-state index is -0.273. The average Bonchev–Trinajstić information content (AvgIpc) is 2.27. The largest absolute Gasteiger partial charge is 0.447 e. The number of likely N-dealkylation sites (tertiary alicyclic amines) is 1. The van der Waals surface area contributed by atoms with Crippen molar-refractivity contribution < 1.29 is 14.7 Å². The molecule has 16 heavy (non-hydrogen) atoms. The molecule has 1 atom stereocenters. The summed E-state index contributed by atoms with van der Waals surface area (Å²) in [6.45, 7) is 6.84. The Morgan fingerprint density at radius 1 is 1.69 bits per heavy atom. The molecule has 1 amide bonds. The summed E-state index contributed by atoms with van der Waals surface area (Å²) in [5.74, 6) is 0.151. The van der Waals surface area contributed by atoms with Gasteiger partial charge in [-0.05, 0) is 20.3 Å². The maximum atomic E-state index is 11.7. The predicted octanol–water partition coefficient (Wildman–Crippen LogP) is 2.09. The normalized spacial score (nSPS) is 23.9. The Morgan fingerprint density at radius 3 is 2.88 bits per heavy atom. The highest BCUT2D eigenvalue weighted by atomic mass is 16.6. The zero-order valence-corrected chi connectivity index (χ0v) is 10.1. The Bertz CT molecular complexity index is 276. The van der Waals surface area contributed by atoms with Crippen molar-refractivity contribution in [2.24, 2.45) is 11.1 Å². The molecular weight excluding hydrogens is 208 g/mol. The first-order valence-electron chi connectivity index (χ1n) is 5.74. The fourth-order valence-corrected chi connectivity index (χ4v) is 1.85. The van der Waals surface area contributed by atoms with Crippen LogP contribution in [0.4, 0.5) is 4.79 Å². The van der Waals surface area contributed by atoms with Crippen molar-refractivity contribution in [3.8, 4) is 0 Å². The molecule has 0 radical (unpaired) electrons. The summed E-state index contributed by atoms with van der Waals surface area (Å²) >= 11 is 0. The van der Waals surface area contributed by atoms with Crippen molar-refractivity contribution in [3.05, 3.63) is 0 Å². The maximum Gasteiger partial charge on any atom is 0.410 e. The molecule has 0 aromatic rings. The molecule has 1 aliphatic rings. The highest BCUT2D eigenvalue weighted by Gasteiger charge is 2.28. The van der Waals surface area contributed by atoms with E-state index in [1.165, 1.54) is 0 Å². The van der Waals surface area contributed by atoms with Crippen LogP contribution in [0.5, 0.6) is 0 Å². The highest BCUT2D eigenvalue weighted by molar-refractivity contribution is 5.88. The number of carbonyl (C=O) groups excluding carboxylic acids is 1. The molecule has 1 fully saturated rings. The Labute approximate surface area is 96.1 Å². The minimum absolute atomic E-state index is 0.0968. The summed E-state index contributed by atoms with van der Waals surface area (Å²) in [5.41, 5.74) is 0.788. The van der Waals surface area contributed by atoms with E-state index in [2.05, 4.69) is 5.16 Å². The monoisotopic (exact) mass is 228 g/mol. The number of amides is 1. The van der Waals surface area contributed by atoms with Gasteiger partial charge in [-0.15, -0.1) is 0 Å². The number of carbonyl (C=O) groups is 1. The van der Waals surface area contributed by atoms with E-state index >= 15 is 0 Å². The number of nitrogens with zero attached hydrogens (tertiary/aromatic N) is 2. The molecular formula is C11H20N2O3. The predicted molar refractivity (Wildman–Crippen MR) is 60.8 cm³/mol. The molecule has 1 aliphatic heterocycles. The lowest BCUT2D eigenvalue weighted by Gasteiger charge is -2.32. The van der Waals surface area contributed by atoms with Gasteiger partial charge in [0.15, 0.2) is 0 Å². The zero-order chi connectivity index (χ0) is 12.1. The van der Waals surface area contributed by atoms with Crippen molar-refractivity contribution in [2.45, 2.75) is 39.7 Å². The van der Waals surface area contributed by atoms with Crippen LogP contribution in [0.1, 0.15) is 33.6 Å². The van der Waals surface area contributed by atoms with Crippen LogP contribution in [-0.4, -0.2) is 41.1 Å². The Hall–Kier alpha value is -1.26. The van der Waals surface area contributed by atoms with E-state index < -0.39 is 0 Å². The van der Waals surface area contributed by atoms with Gasteiger partial charge in [0.25, 0.3) is 0 Å². The lowest BCUT2D eigenvalue weighted by molar-refractivity contribution is 0.0720. The third-order valence-electron chi connectivity index (χ3n) is 2.77. The summed E-state index contributed by atoms with van der Waals surface area (Å²) in [6, 6.07) is 0.